The van der Waals surface area contributed by atoms with Crippen LogP contribution in [-0.4, -0.2) is 42.3 Å². The van der Waals surface area contributed by atoms with Crippen LogP contribution < -0.4 is 0 Å². The summed E-state index contributed by atoms with van der Waals surface area (Å²) < 4.78 is 4.65. The molecule has 1 aliphatic heterocycles. The third-order valence-electron chi connectivity index (χ3n) is 1.43. The Kier molecular flexibility index (Phi) is 7.45. The van der Waals surface area contributed by atoms with Crippen molar-refractivity contribution in [3.05, 3.63) is 12.2 Å². The van der Waals surface area contributed by atoms with Crippen molar-refractivity contribution >= 4 is 12.4 Å². The fourth-order valence-corrected chi connectivity index (χ4v) is 0.663. The van der Waals surface area contributed by atoms with Crippen molar-refractivity contribution < 1.29 is 19.7 Å². The van der Waals surface area contributed by atoms with Gasteiger partial charge in [-0.1, -0.05) is 6.58 Å². The number of ether oxygens (including phenoxy) is 1. The largest absolute Gasteiger partial charge is 0.482 e. The molecule has 1 aliphatic rings. The van der Waals surface area contributed by atoms with Crippen LogP contribution in [0, 0.1) is 0 Å². The van der Waals surface area contributed by atoms with Crippen molar-refractivity contribution in [3.63, 3.8) is 0 Å². The van der Waals surface area contributed by atoms with Gasteiger partial charge in [0.1, 0.15) is 6.61 Å². The normalized spacial score (nSPS) is 12.6. The second kappa shape index (κ2) is 8.25. The lowest BCUT2D eigenvalue weighted by Gasteiger charge is -1.94. The second-order valence-corrected chi connectivity index (χ2v) is 2.62. The Labute approximate surface area is 82.7 Å². The molecule has 1 heterocycles. The number of aliphatic carboxylic acids is 1. The molecule has 0 aliphatic carbocycles. The van der Waals surface area contributed by atoms with Gasteiger partial charge in [-0.05, 0) is 12.8 Å². The molecule has 0 radical (unpaired) electrons. The molecule has 0 aromatic rings. The molecule has 1 rings (SSSR count). The summed E-state index contributed by atoms with van der Waals surface area (Å²) in [5, 5.41) is 16.5. The zero-order chi connectivity index (χ0) is 10.8. The van der Waals surface area contributed by atoms with E-state index in [4.69, 9.17) is 10.2 Å². The predicted molar refractivity (Wildman–Crippen MR) is 52.4 cm³/mol. The highest BCUT2D eigenvalue weighted by molar-refractivity contribution is 5.85. The molecule has 5 nitrogen and oxygen atoms in total. The summed E-state index contributed by atoms with van der Waals surface area (Å²) in [6.07, 6.45) is 2.33. The summed E-state index contributed by atoms with van der Waals surface area (Å²) in [5.41, 5.74) is 0.157. The maximum Gasteiger partial charge on any atom is 0.330 e. The van der Waals surface area contributed by atoms with E-state index in [1.54, 1.807) is 0 Å². The van der Waals surface area contributed by atoms with Crippen LogP contribution in [-0.2, 0) is 9.53 Å². The Morgan fingerprint density at radius 3 is 2.64 bits per heavy atom. The summed E-state index contributed by atoms with van der Waals surface area (Å²) >= 11 is 0. The van der Waals surface area contributed by atoms with E-state index in [9.17, 15) is 4.79 Å². The third kappa shape index (κ3) is 7.30. The highest BCUT2D eigenvalue weighted by Gasteiger charge is 2.00. The van der Waals surface area contributed by atoms with Gasteiger partial charge in [0.25, 0.3) is 0 Å². The van der Waals surface area contributed by atoms with Crippen LogP contribution in [0.4, 0.5) is 0 Å². The number of hydrogen-bond donors (Lipinski definition) is 2. The number of hydrogen-bond acceptors (Lipinski definition) is 4. The van der Waals surface area contributed by atoms with Crippen molar-refractivity contribution in [2.45, 2.75) is 12.8 Å². The van der Waals surface area contributed by atoms with Crippen LogP contribution in [0.5, 0.6) is 0 Å². The van der Waals surface area contributed by atoms with E-state index in [1.165, 1.54) is 6.40 Å². The van der Waals surface area contributed by atoms with E-state index < -0.39 is 5.97 Å². The quantitative estimate of drug-likeness (QED) is 0.647. The third-order valence-corrected chi connectivity index (χ3v) is 1.43. The molecule has 0 unspecified atom stereocenters. The Hall–Kier alpha value is -1.36. The minimum atomic E-state index is -0.983. The van der Waals surface area contributed by atoms with Gasteiger partial charge in [0.05, 0.1) is 6.54 Å². The average Bonchev–Trinajstić information content (AvgIpc) is 2.71. The molecule has 0 fully saturated rings. The number of carbonyl (C=O) groups is 1. The molecule has 0 aromatic heterocycles. The lowest BCUT2D eigenvalue weighted by atomic mass is 10.2. The molecule has 14 heavy (non-hydrogen) atoms. The lowest BCUT2D eigenvalue weighted by Crippen LogP contribution is -1.99. The first-order chi connectivity index (χ1) is 6.68. The van der Waals surface area contributed by atoms with Crippen molar-refractivity contribution in [2.75, 3.05) is 19.8 Å². The van der Waals surface area contributed by atoms with Crippen LogP contribution in [0.3, 0.4) is 0 Å². The molecule has 0 saturated carbocycles. The average molecular weight is 201 g/mol. The molecule has 5 heteroatoms. The van der Waals surface area contributed by atoms with E-state index in [0.717, 1.165) is 13.2 Å². The van der Waals surface area contributed by atoms with Crippen molar-refractivity contribution in [1.82, 2.24) is 0 Å². The van der Waals surface area contributed by atoms with Crippen LogP contribution in [0.2, 0.25) is 0 Å². The Morgan fingerprint density at radius 2 is 2.36 bits per heavy atom. The molecular weight excluding hydrogens is 186 g/mol. The molecule has 0 aromatic carbocycles. The van der Waals surface area contributed by atoms with E-state index in [2.05, 4.69) is 16.3 Å². The highest BCUT2D eigenvalue weighted by atomic mass is 16.5. The summed E-state index contributed by atoms with van der Waals surface area (Å²) in [6, 6.07) is 0. The van der Waals surface area contributed by atoms with Gasteiger partial charge in [0.15, 0.2) is 6.40 Å². The van der Waals surface area contributed by atoms with Gasteiger partial charge >= 0.3 is 5.97 Å². The molecule has 0 amide bonds. The summed E-state index contributed by atoms with van der Waals surface area (Å²) in [6.45, 7) is 4.93. The number of nitrogens with zero attached hydrogens (tertiary/aromatic N) is 1. The Balaban J connectivity index is 0.000000280. The first-order valence-electron chi connectivity index (χ1n) is 4.30. The number of aliphatic imine (C=N–C) groups is 1. The molecule has 0 bridgehead atoms. The summed E-state index contributed by atoms with van der Waals surface area (Å²) in [5.74, 6) is -0.983. The number of aliphatic hydroxyl groups excluding tert-OH is 1. The van der Waals surface area contributed by atoms with Crippen LogP contribution in [0.1, 0.15) is 12.8 Å². The SMILES string of the molecule is C1=NCCO1.C=C(CCCO)C(=O)O. The van der Waals surface area contributed by atoms with Gasteiger partial charge in [0.2, 0.25) is 0 Å². The number of aliphatic hydroxyl groups is 1. The van der Waals surface area contributed by atoms with Gasteiger partial charge in [-0.3, -0.25) is 4.99 Å². The van der Waals surface area contributed by atoms with E-state index in [0.29, 0.717) is 12.8 Å². The van der Waals surface area contributed by atoms with Gasteiger partial charge in [0, 0.05) is 12.2 Å². The first-order valence-corrected chi connectivity index (χ1v) is 4.30. The zero-order valence-electron chi connectivity index (χ0n) is 7.98. The van der Waals surface area contributed by atoms with E-state index in [-0.39, 0.29) is 12.2 Å². The maximum atomic E-state index is 10.0. The predicted octanol–water partition coefficient (Wildman–Crippen LogP) is 0.445. The fraction of sp³-hybridized carbons (Fsp3) is 0.556. The Bertz CT molecular complexity index is 207. The van der Waals surface area contributed by atoms with Crippen LogP contribution in [0.15, 0.2) is 17.1 Å². The Morgan fingerprint density at radius 1 is 1.64 bits per heavy atom. The topological polar surface area (TPSA) is 79.1 Å². The first kappa shape index (κ1) is 12.6. The zero-order valence-corrected chi connectivity index (χ0v) is 7.98. The lowest BCUT2D eigenvalue weighted by molar-refractivity contribution is -0.132. The minimum absolute atomic E-state index is 0.0201. The molecule has 2 N–H and O–H groups in total. The van der Waals surface area contributed by atoms with Gasteiger partial charge in [-0.25, -0.2) is 4.79 Å². The number of rotatable bonds is 4. The van der Waals surface area contributed by atoms with E-state index >= 15 is 0 Å². The van der Waals surface area contributed by atoms with Crippen LogP contribution in [0.25, 0.3) is 0 Å². The van der Waals surface area contributed by atoms with E-state index in [1.807, 2.05) is 0 Å². The van der Waals surface area contributed by atoms with Gasteiger partial charge in [-0.2, -0.15) is 0 Å². The maximum absolute atomic E-state index is 10.0. The smallest absolute Gasteiger partial charge is 0.330 e. The molecule has 0 saturated heterocycles. The standard InChI is InChI=1S/C6H10O3.C3H5NO/c1-5(6(8)9)3-2-4-7;1-2-5-3-4-1/h7H,1-4H2,(H,8,9);3H,1-2H2. The van der Waals surface area contributed by atoms with Crippen molar-refractivity contribution in [2.24, 2.45) is 4.99 Å². The summed E-state index contributed by atoms with van der Waals surface area (Å²) in [7, 11) is 0. The van der Waals surface area contributed by atoms with Crippen molar-refractivity contribution in [3.8, 4) is 0 Å². The monoisotopic (exact) mass is 201 g/mol. The molecule has 0 spiro atoms. The fourth-order valence-electron chi connectivity index (χ4n) is 0.663. The number of carboxylic acid groups (broad SMARTS) is 1. The number of carboxylic acids is 1. The van der Waals surface area contributed by atoms with Gasteiger partial charge in [-0.15, -0.1) is 0 Å². The minimum Gasteiger partial charge on any atom is -0.482 e. The van der Waals surface area contributed by atoms with Crippen LogP contribution >= 0.6 is 0 Å². The molecule has 0 atom stereocenters. The molecule has 80 valence electrons. The second-order valence-electron chi connectivity index (χ2n) is 2.62. The van der Waals surface area contributed by atoms with Gasteiger partial charge < -0.3 is 14.9 Å². The van der Waals surface area contributed by atoms with Crippen molar-refractivity contribution in [1.29, 1.82) is 0 Å². The molecular formula is C9H15NO4. The summed E-state index contributed by atoms with van der Waals surface area (Å²) in [4.78, 5) is 13.8. The highest BCUT2D eigenvalue weighted by Crippen LogP contribution is 2.00.